The second-order valence-electron chi connectivity index (χ2n) is 51.4. The molecule has 0 amide bonds. The summed E-state index contributed by atoms with van der Waals surface area (Å²) < 4.78 is 106. The monoisotopic (exact) mass is 2020 g/mol. The number of carbonyl (C=O) groups is 4. The van der Waals surface area contributed by atoms with Gasteiger partial charge in [0.25, 0.3) is 0 Å². The van der Waals surface area contributed by atoms with Crippen LogP contribution >= 0.6 is 0 Å². The SMILES string of the molecule is C=C1C[C@@H]2CCC(=O)/C=C/[C@H](O[Si](C)(C)C(C)(C)C)[C@@H]3OC4CC[C@H](CC(=O)C[C@@H]5[C@@H](C)[C@@H](C[C@H](O)CC)O[C@H]5C[C@H]5O[C@@H](CC[C@@H]1O2)C[C@@H](C)C5=C)O[C@@H]4[C@H](C)[C@@H]3O[Si](C)(C)C(C)(C)C.C=C1C[C@@H]2CCC(=O)/C=C/[C@H](O[Si](C)(C)C(C)(C)C)[C@@H]3OC4CC[C@H](CC(=O)C[C@@H]5[C@@H](C)[C@@H](C[C@H]6CCC(C)(C)O6)O[C@H]5C[C@H]5O[C@@H](CC[C@@H]1O2)C[C@@H](C)C5=C)O[C@@H]4[C@H](C)[C@@H]3O[Si](C)(C)C(C)(C)C.CO.CO. The number of aliphatic hydroxyl groups excluding tert-OH is 3. The average molecular weight is 2020 g/mol. The number of Topliss-reactive ketones (excluding diaryl/α,β-unsaturated/α-hetero) is 2. The predicted octanol–water partition coefficient (Wildman–Crippen LogP) is 23.2. The molecule has 34 atom stereocenters. The topological polar surface area (TPSA) is 267 Å². The lowest BCUT2D eigenvalue weighted by atomic mass is 9.78. The third-order valence-electron chi connectivity index (χ3n) is 36.4. The van der Waals surface area contributed by atoms with Gasteiger partial charge in [-0.05, 0) is 272 Å². The summed E-state index contributed by atoms with van der Waals surface area (Å²) in [6.45, 7) is 83.1. The quantitative estimate of drug-likeness (QED) is 0.114. The van der Waals surface area contributed by atoms with Crippen LogP contribution in [0, 0.1) is 47.3 Å². The number of hydrogen-bond acceptors (Lipinski definition) is 22. The highest BCUT2D eigenvalue weighted by Gasteiger charge is 2.59. The molecule has 0 radical (unpaired) electrons. The van der Waals surface area contributed by atoms with Crippen LogP contribution in [0.25, 0.3) is 0 Å². The van der Waals surface area contributed by atoms with Crippen molar-refractivity contribution < 1.29 is 104 Å². The van der Waals surface area contributed by atoms with Gasteiger partial charge in [0.15, 0.2) is 44.8 Å². The molecule has 0 aromatic carbocycles. The molecule has 11 fully saturated rings. The summed E-state index contributed by atoms with van der Waals surface area (Å²) in [5.74, 6) is 1.27. The van der Waals surface area contributed by atoms with Crippen molar-refractivity contribution in [3.63, 3.8) is 0 Å². The van der Waals surface area contributed by atoms with E-state index in [2.05, 4.69) is 217 Å². The van der Waals surface area contributed by atoms with Gasteiger partial charge in [-0.25, -0.2) is 0 Å². The molecule has 17 aliphatic rings. The van der Waals surface area contributed by atoms with Gasteiger partial charge < -0.3 is 85.1 Å². The Labute approximate surface area is 845 Å². The third kappa shape index (κ3) is 30.2. The van der Waals surface area contributed by atoms with Crippen molar-refractivity contribution in [2.24, 2.45) is 47.3 Å². The Morgan fingerprint density at radius 2 is 0.755 bits per heavy atom. The van der Waals surface area contributed by atoms with Crippen LogP contribution in [0.2, 0.25) is 72.5 Å². The first kappa shape index (κ1) is 118. The summed E-state index contributed by atoms with van der Waals surface area (Å²) in [7, 11) is -7.50. The maximum absolute atomic E-state index is 14.6. The van der Waals surface area contributed by atoms with E-state index in [4.69, 9.17) is 80.0 Å². The number of rotatable bonds is 13. The summed E-state index contributed by atoms with van der Waals surface area (Å²) in [6.07, 6.45) is 20.6. The highest BCUT2D eigenvalue weighted by molar-refractivity contribution is 6.75. The molecule has 0 saturated carbocycles. The van der Waals surface area contributed by atoms with E-state index < -0.39 is 63.8 Å². The minimum absolute atomic E-state index is 0.00131. The fourth-order valence-electron chi connectivity index (χ4n) is 23.1. The van der Waals surface area contributed by atoms with Gasteiger partial charge in [-0.1, -0.05) is 170 Å². The molecule has 3 N–H and O–H groups in total. The highest BCUT2D eigenvalue weighted by atomic mass is 28.4. The van der Waals surface area contributed by atoms with Crippen molar-refractivity contribution in [1.29, 1.82) is 0 Å². The normalized spacial score (nSPS) is 40.0. The average Bonchev–Trinajstić information content (AvgIpc) is 0.974. The minimum Gasteiger partial charge on any atom is -0.411 e. The number of carbonyl (C=O) groups excluding carboxylic acids is 4. The first-order valence-electron chi connectivity index (χ1n) is 54.4. The van der Waals surface area contributed by atoms with Crippen LogP contribution in [0.3, 0.4) is 0 Å². The first-order valence-corrected chi connectivity index (χ1v) is 66.0. The maximum atomic E-state index is 14.6. The van der Waals surface area contributed by atoms with Crippen molar-refractivity contribution in [3.8, 4) is 0 Å². The molecule has 17 rings (SSSR count). The van der Waals surface area contributed by atoms with E-state index in [9.17, 15) is 24.3 Å². The molecule has 796 valence electrons. The number of hydrogen-bond donors (Lipinski definition) is 3. The molecular formula is C113H196O22Si4. The fraction of sp³-hybridized carbons (Fsp3) is 0.858. The van der Waals surface area contributed by atoms with E-state index in [1.165, 1.54) is 0 Å². The van der Waals surface area contributed by atoms with E-state index in [0.29, 0.717) is 89.4 Å². The first-order chi connectivity index (χ1) is 64.7. The Balaban J connectivity index is 0.000000277. The number of ether oxygens (including phenoxy) is 11. The van der Waals surface area contributed by atoms with Gasteiger partial charge >= 0.3 is 0 Å². The Morgan fingerprint density at radius 1 is 0.403 bits per heavy atom. The molecule has 22 nitrogen and oxygen atoms in total. The molecule has 0 aliphatic carbocycles. The Kier molecular flexibility index (Phi) is 41.6. The van der Waals surface area contributed by atoms with Crippen LogP contribution in [0.5, 0.6) is 0 Å². The van der Waals surface area contributed by atoms with Gasteiger partial charge in [0.2, 0.25) is 0 Å². The van der Waals surface area contributed by atoms with E-state index in [-0.39, 0.29) is 218 Å². The summed E-state index contributed by atoms with van der Waals surface area (Å²) in [5.41, 5.74) is 4.27. The molecule has 16 bridgehead atoms. The van der Waals surface area contributed by atoms with Crippen LogP contribution in [-0.2, 0) is 89.0 Å². The van der Waals surface area contributed by atoms with Gasteiger partial charge in [0, 0.05) is 83.8 Å². The van der Waals surface area contributed by atoms with Crippen molar-refractivity contribution >= 4 is 56.4 Å². The largest absolute Gasteiger partial charge is 0.411 e. The second-order valence-corrected chi connectivity index (χ2v) is 70.4. The van der Waals surface area contributed by atoms with Crippen molar-refractivity contribution in [2.75, 3.05) is 14.2 Å². The van der Waals surface area contributed by atoms with Gasteiger partial charge in [-0.2, -0.15) is 0 Å². The third-order valence-corrected chi connectivity index (χ3v) is 54.3. The van der Waals surface area contributed by atoms with Gasteiger partial charge in [-0.3, -0.25) is 19.2 Å². The van der Waals surface area contributed by atoms with Crippen LogP contribution in [0.1, 0.15) is 319 Å². The summed E-state index contributed by atoms with van der Waals surface area (Å²) in [4.78, 5) is 56.7. The zero-order valence-corrected chi connectivity index (χ0v) is 96.5. The molecule has 139 heavy (non-hydrogen) atoms. The molecule has 0 aromatic rings. The van der Waals surface area contributed by atoms with Gasteiger partial charge in [0.1, 0.15) is 23.8 Å². The zero-order chi connectivity index (χ0) is 103. The van der Waals surface area contributed by atoms with Crippen LogP contribution in [0.15, 0.2) is 72.9 Å². The van der Waals surface area contributed by atoms with Gasteiger partial charge in [-0.15, -0.1) is 0 Å². The van der Waals surface area contributed by atoms with Crippen LogP contribution in [-0.4, -0.2) is 250 Å². The number of ketones is 4. The zero-order valence-electron chi connectivity index (χ0n) is 92.5. The minimum atomic E-state index is -2.38. The van der Waals surface area contributed by atoms with E-state index in [0.717, 1.165) is 126 Å². The van der Waals surface area contributed by atoms with Gasteiger partial charge in [0.05, 0.1) is 152 Å². The van der Waals surface area contributed by atoms with Crippen LogP contribution in [0.4, 0.5) is 0 Å². The summed E-state index contributed by atoms with van der Waals surface area (Å²) in [5, 5.41) is 24.5. The number of allylic oxidation sites excluding steroid dienone is 2. The Hall–Kier alpha value is -2.73. The lowest BCUT2D eigenvalue weighted by Gasteiger charge is -2.54. The molecule has 17 aliphatic heterocycles. The lowest BCUT2D eigenvalue weighted by Crippen LogP contribution is -2.64. The fourth-order valence-corrected chi connectivity index (χ4v) is 28.4. The van der Waals surface area contributed by atoms with E-state index in [1.54, 1.807) is 12.2 Å². The standard InChI is InChI=1S/C57H96O10Si2.C54H92O10Si2.2CH4O/c1-34-28-42-21-24-46-35(2)29-41(60-46)20-18-39(58)19-23-48(66-68(14,15)55(6,7)8)54-53(67-69(16,17)56(9,10)11)38(5)52-47(64-54)25-22-43(62-52)30-40(59)31-45-37(4)49(32-44-26-27-57(12,13)65-44)63-51(45)33-50(61-42)36(34)3;1-17-37(55)30-47-35(5)43-29-39(57)28-42-22-25-45-50(60-42)36(6)51(64-66(15,16)54(10,11)12)52(62-45)46(63-65(13,14)53(7,8)9)23-19-38(56)18-20-40-27-33(3)44(58-40)24-21-41-26-32(2)34(4)48(59-41)31-49(43)61-47;2*1-2/h19,23,34,37-38,41-54H,2-3,18,20-22,24-33H2,1,4-17H3;19,23,32,35-37,40-52,55H,3-4,17-18,20-22,24-31H2,1-2,5-16H3;2*2H,1H3/b2*23-19+;;/t34-,37-,38+,41+,42+,43-,44-,45-,46+,47?,48+,49-,50-,51+,52-,53+,54+;32-,35-,36+,37-,40+,41+,42-,43-,44+,45?,46+,47-,48-,49+,50-,51+,52+;;/m11../s1. The maximum Gasteiger partial charge on any atom is 0.193 e. The second kappa shape index (κ2) is 48.9. The Bertz CT molecular complexity index is 4110. The number of aliphatic hydroxyl groups is 3. The Morgan fingerprint density at radius 3 is 1.12 bits per heavy atom. The highest BCUT2D eigenvalue weighted by Crippen LogP contribution is 2.53. The molecule has 0 aromatic heterocycles. The molecule has 17 heterocycles. The molecule has 0 spiro atoms. The van der Waals surface area contributed by atoms with Crippen molar-refractivity contribution in [1.82, 2.24) is 0 Å². The molecule has 11 saturated heterocycles. The molecule has 2 unspecified atom stereocenters. The van der Waals surface area contributed by atoms with Crippen LogP contribution < -0.4 is 0 Å². The van der Waals surface area contributed by atoms with Crippen molar-refractivity contribution in [2.45, 2.75) is 556 Å². The lowest BCUT2D eigenvalue weighted by molar-refractivity contribution is -0.251. The van der Waals surface area contributed by atoms with Crippen molar-refractivity contribution in [3.05, 3.63) is 72.9 Å². The molecular weight excluding hydrogens is 1820 g/mol. The van der Waals surface area contributed by atoms with E-state index >= 15 is 0 Å². The number of fused-ring (bicyclic) bond motifs is 4. The van der Waals surface area contributed by atoms with E-state index in [1.807, 2.05) is 19.1 Å². The molecule has 26 heteroatoms. The smallest absolute Gasteiger partial charge is 0.193 e. The predicted molar refractivity (Wildman–Crippen MR) is 563 cm³/mol. The summed E-state index contributed by atoms with van der Waals surface area (Å²) >= 11 is 0. The summed E-state index contributed by atoms with van der Waals surface area (Å²) in [6, 6.07) is 0.